The Morgan fingerprint density at radius 1 is 1.10 bits per heavy atom. The maximum absolute atomic E-state index is 13.2. The molecule has 4 nitrogen and oxygen atoms in total. The SMILES string of the molecule is CC(C)c1nc2c(c(C3C=CCC3)c1[C@H](O)c1ccc(C(F)(F)F)nc1)C(O[Si](C)(C)C(C)(C)C)CC(C)(C)C2. The molecule has 0 amide bonds. The Morgan fingerprint density at radius 3 is 2.27 bits per heavy atom. The zero-order valence-corrected chi connectivity index (χ0v) is 26.4. The number of rotatable bonds is 6. The van der Waals surface area contributed by atoms with E-state index in [0.717, 1.165) is 60.5 Å². The lowest BCUT2D eigenvalue weighted by molar-refractivity contribution is -0.141. The summed E-state index contributed by atoms with van der Waals surface area (Å²) in [6, 6.07) is 2.28. The fraction of sp³-hybridized carbons (Fsp3) is 0.625. The summed E-state index contributed by atoms with van der Waals surface area (Å²) in [5.41, 5.74) is 4.01. The number of halogens is 3. The molecule has 8 heteroatoms. The van der Waals surface area contributed by atoms with Crippen LogP contribution in [-0.4, -0.2) is 23.4 Å². The first kappa shape index (κ1) is 30.9. The molecule has 0 saturated carbocycles. The van der Waals surface area contributed by atoms with E-state index in [1.54, 1.807) is 0 Å². The molecule has 2 aliphatic rings. The first-order chi connectivity index (χ1) is 18.3. The summed E-state index contributed by atoms with van der Waals surface area (Å²) in [6.07, 6.45) is 3.18. The molecule has 2 aromatic heterocycles. The van der Waals surface area contributed by atoms with Crippen molar-refractivity contribution in [3.8, 4) is 0 Å². The number of allylic oxidation sites excluding steroid dienone is 2. The molecule has 3 atom stereocenters. The second-order valence-electron chi connectivity index (χ2n) is 14.2. The predicted octanol–water partition coefficient (Wildman–Crippen LogP) is 9.17. The molecule has 4 rings (SSSR count). The molecule has 2 aliphatic carbocycles. The zero-order valence-electron chi connectivity index (χ0n) is 25.4. The van der Waals surface area contributed by atoms with E-state index in [1.165, 1.54) is 6.07 Å². The van der Waals surface area contributed by atoms with E-state index >= 15 is 0 Å². The van der Waals surface area contributed by atoms with Crippen molar-refractivity contribution in [3.05, 3.63) is 69.8 Å². The molecule has 40 heavy (non-hydrogen) atoms. The van der Waals surface area contributed by atoms with E-state index in [-0.39, 0.29) is 28.4 Å². The Hall–Kier alpha value is -2.03. The van der Waals surface area contributed by atoms with Gasteiger partial charge in [0.1, 0.15) is 11.8 Å². The number of fused-ring (bicyclic) bond motifs is 1. The summed E-state index contributed by atoms with van der Waals surface area (Å²) in [7, 11) is -2.18. The van der Waals surface area contributed by atoms with E-state index in [4.69, 9.17) is 9.41 Å². The molecule has 2 aromatic rings. The minimum atomic E-state index is -4.54. The lowest BCUT2D eigenvalue weighted by atomic mass is 9.70. The molecule has 0 aromatic carbocycles. The summed E-state index contributed by atoms with van der Waals surface area (Å²) < 4.78 is 46.9. The van der Waals surface area contributed by atoms with Crippen LogP contribution in [0.3, 0.4) is 0 Å². The van der Waals surface area contributed by atoms with Crippen molar-refractivity contribution in [1.82, 2.24) is 9.97 Å². The average Bonchev–Trinajstić information content (AvgIpc) is 3.35. The van der Waals surface area contributed by atoms with Crippen LogP contribution < -0.4 is 0 Å². The van der Waals surface area contributed by atoms with Gasteiger partial charge in [0.2, 0.25) is 0 Å². The van der Waals surface area contributed by atoms with E-state index in [9.17, 15) is 18.3 Å². The highest BCUT2D eigenvalue weighted by Gasteiger charge is 2.45. The standard InChI is InChI=1S/C32H45F3N2O2Si/c1-19(2)28-27(29(38)21-14-15-24(36-18-21)32(33,34)35)25(20-12-10-11-13-20)26-22(37-28)16-31(6,7)17-23(26)39-40(8,9)30(3,4)5/h10,12,14-15,18-20,23,29,38H,11,13,16-17H2,1-9H3/t20?,23?,29-/m1/s1. The third kappa shape index (κ3) is 6.09. The lowest BCUT2D eigenvalue weighted by Crippen LogP contribution is -2.44. The first-order valence-corrected chi connectivity index (χ1v) is 17.4. The van der Waals surface area contributed by atoms with Gasteiger partial charge in [-0.05, 0) is 66.8 Å². The molecule has 0 radical (unpaired) electrons. The number of hydrogen-bond donors (Lipinski definition) is 1. The van der Waals surface area contributed by atoms with Crippen molar-refractivity contribution in [1.29, 1.82) is 0 Å². The van der Waals surface area contributed by atoms with Gasteiger partial charge in [-0.1, -0.05) is 66.7 Å². The molecule has 0 bridgehead atoms. The molecule has 2 heterocycles. The third-order valence-corrected chi connectivity index (χ3v) is 13.5. The number of aliphatic hydroxyl groups is 1. The minimum absolute atomic E-state index is 0.00582. The van der Waals surface area contributed by atoms with E-state index in [0.29, 0.717) is 11.1 Å². The molecule has 0 fully saturated rings. The van der Waals surface area contributed by atoms with Crippen molar-refractivity contribution < 1.29 is 22.7 Å². The number of aromatic nitrogens is 2. The van der Waals surface area contributed by atoms with Crippen molar-refractivity contribution in [2.75, 3.05) is 0 Å². The quantitative estimate of drug-likeness (QED) is 0.276. The summed E-state index contributed by atoms with van der Waals surface area (Å²) >= 11 is 0. The summed E-state index contributed by atoms with van der Waals surface area (Å²) in [4.78, 5) is 8.89. The molecular formula is C32H45F3N2O2Si. The van der Waals surface area contributed by atoms with Crippen LogP contribution in [0.4, 0.5) is 13.2 Å². The Kier molecular flexibility index (Phi) is 8.24. The largest absolute Gasteiger partial charge is 0.433 e. The topological polar surface area (TPSA) is 55.2 Å². The molecule has 2 unspecified atom stereocenters. The lowest BCUT2D eigenvalue weighted by Gasteiger charge is -2.45. The van der Waals surface area contributed by atoms with Gasteiger partial charge in [0.25, 0.3) is 0 Å². The Balaban J connectivity index is 1.98. The van der Waals surface area contributed by atoms with Gasteiger partial charge in [-0.2, -0.15) is 13.2 Å². The zero-order chi connectivity index (χ0) is 29.8. The third-order valence-electron chi connectivity index (χ3n) is 8.97. The highest BCUT2D eigenvalue weighted by molar-refractivity contribution is 6.74. The van der Waals surface area contributed by atoms with Gasteiger partial charge in [-0.3, -0.25) is 9.97 Å². The van der Waals surface area contributed by atoms with Crippen molar-refractivity contribution in [2.45, 2.75) is 123 Å². The van der Waals surface area contributed by atoms with Crippen LogP contribution in [0.15, 0.2) is 30.5 Å². The van der Waals surface area contributed by atoms with Crippen LogP contribution in [0.2, 0.25) is 18.1 Å². The van der Waals surface area contributed by atoms with Gasteiger partial charge in [0.15, 0.2) is 8.32 Å². The smallest absolute Gasteiger partial charge is 0.410 e. The van der Waals surface area contributed by atoms with Crippen molar-refractivity contribution in [2.24, 2.45) is 5.41 Å². The fourth-order valence-corrected chi connectivity index (χ4v) is 7.13. The molecule has 1 N–H and O–H groups in total. The maximum Gasteiger partial charge on any atom is 0.433 e. The van der Waals surface area contributed by atoms with Crippen LogP contribution in [0.25, 0.3) is 0 Å². The number of nitrogens with zero attached hydrogens (tertiary/aromatic N) is 2. The summed E-state index contributed by atoms with van der Waals surface area (Å²) in [6.45, 7) is 19.9. The van der Waals surface area contributed by atoms with E-state index in [2.05, 4.69) is 78.7 Å². The number of pyridine rings is 2. The highest BCUT2D eigenvalue weighted by atomic mass is 28.4. The Labute approximate surface area is 238 Å². The highest BCUT2D eigenvalue weighted by Crippen LogP contribution is 2.52. The van der Waals surface area contributed by atoms with Gasteiger partial charge in [0.05, 0.1) is 6.10 Å². The monoisotopic (exact) mass is 574 g/mol. The maximum atomic E-state index is 13.2. The van der Waals surface area contributed by atoms with Crippen molar-refractivity contribution in [3.63, 3.8) is 0 Å². The fourth-order valence-electron chi connectivity index (χ4n) is 5.86. The minimum Gasteiger partial charge on any atom is -0.410 e. The van der Waals surface area contributed by atoms with Crippen LogP contribution >= 0.6 is 0 Å². The van der Waals surface area contributed by atoms with Gasteiger partial charge >= 0.3 is 6.18 Å². The van der Waals surface area contributed by atoms with Crippen LogP contribution in [-0.2, 0) is 17.0 Å². The average molecular weight is 575 g/mol. The number of alkyl halides is 3. The van der Waals surface area contributed by atoms with Gasteiger partial charge < -0.3 is 9.53 Å². The molecule has 0 aliphatic heterocycles. The Morgan fingerprint density at radius 2 is 1.77 bits per heavy atom. The van der Waals surface area contributed by atoms with E-state index < -0.39 is 26.3 Å². The van der Waals surface area contributed by atoms with Gasteiger partial charge in [-0.25, -0.2) is 0 Å². The van der Waals surface area contributed by atoms with Gasteiger partial charge in [-0.15, -0.1) is 0 Å². The number of aliphatic hydroxyl groups excluding tert-OH is 1. The molecule has 220 valence electrons. The second kappa shape index (κ2) is 10.7. The normalized spacial score (nSPS) is 22.1. The van der Waals surface area contributed by atoms with Crippen molar-refractivity contribution >= 4 is 8.32 Å². The summed E-state index contributed by atoms with van der Waals surface area (Å²) in [5, 5.41) is 11.9. The second-order valence-corrected chi connectivity index (χ2v) is 19.0. The van der Waals surface area contributed by atoms with Gasteiger partial charge in [0, 0.05) is 40.2 Å². The predicted molar refractivity (Wildman–Crippen MR) is 156 cm³/mol. The molecule has 0 saturated heterocycles. The van der Waals surface area contributed by atoms with Crippen LogP contribution in [0.5, 0.6) is 0 Å². The molecular weight excluding hydrogens is 529 g/mol. The molecule has 0 spiro atoms. The summed E-state index contributed by atoms with van der Waals surface area (Å²) in [5.74, 6) is 0.0827. The first-order valence-electron chi connectivity index (χ1n) is 14.4. The Bertz CT molecular complexity index is 1260. The number of hydrogen-bond acceptors (Lipinski definition) is 4. The van der Waals surface area contributed by atoms with Crippen LogP contribution in [0, 0.1) is 5.41 Å². The van der Waals surface area contributed by atoms with E-state index in [1.807, 2.05) is 0 Å². The van der Waals surface area contributed by atoms with Crippen LogP contribution in [0.1, 0.15) is 131 Å².